The lowest BCUT2D eigenvalue weighted by molar-refractivity contribution is 0.0937. The minimum absolute atomic E-state index is 0.103. The lowest BCUT2D eigenvalue weighted by Crippen LogP contribution is -2.40. The Morgan fingerprint density at radius 2 is 1.95 bits per heavy atom. The Kier molecular flexibility index (Phi) is 4.20. The zero-order valence-electron chi connectivity index (χ0n) is 11.9. The number of thiazole rings is 1. The van der Waals surface area contributed by atoms with Crippen molar-refractivity contribution in [2.45, 2.75) is 31.1 Å². The largest absolute Gasteiger partial charge is 0.350 e. The maximum absolute atomic E-state index is 14.2. The first-order chi connectivity index (χ1) is 10.6. The smallest absolute Gasteiger partial charge is 0.270 e. The molecule has 0 spiro atoms. The average molecular weight is 322 g/mol. The van der Waals surface area contributed by atoms with E-state index in [1.165, 1.54) is 29.5 Å². The van der Waals surface area contributed by atoms with Crippen molar-refractivity contribution < 1.29 is 13.6 Å². The van der Waals surface area contributed by atoms with Gasteiger partial charge in [0.05, 0.1) is 5.51 Å². The standard InChI is InChI=1S/C16H16F2N2OS/c17-11-4-3-5-12(18)14(11)16(6-1-2-7-16)9-19-15(21)13-8-22-10-20-13/h3-5,8,10H,1-2,6-7,9H2,(H,19,21). The highest BCUT2D eigenvalue weighted by Crippen LogP contribution is 2.42. The van der Waals surface area contributed by atoms with E-state index in [-0.39, 0.29) is 18.0 Å². The highest BCUT2D eigenvalue weighted by Gasteiger charge is 2.40. The second kappa shape index (κ2) is 6.12. The molecule has 1 aromatic carbocycles. The molecule has 1 heterocycles. The molecule has 1 aromatic heterocycles. The SMILES string of the molecule is O=C(NCC1(c2c(F)cccc2F)CCCC1)c1cscn1. The van der Waals surface area contributed by atoms with E-state index in [1.54, 1.807) is 10.9 Å². The summed E-state index contributed by atoms with van der Waals surface area (Å²) in [6, 6.07) is 3.92. The Labute approximate surface area is 131 Å². The first-order valence-electron chi connectivity index (χ1n) is 7.23. The molecule has 0 bridgehead atoms. The third-order valence-corrected chi connectivity index (χ3v) is 4.89. The third kappa shape index (κ3) is 2.75. The van der Waals surface area contributed by atoms with Gasteiger partial charge in [0.15, 0.2) is 0 Å². The molecule has 3 nitrogen and oxygen atoms in total. The van der Waals surface area contributed by atoms with Crippen LogP contribution in [-0.4, -0.2) is 17.4 Å². The van der Waals surface area contributed by atoms with Crippen LogP contribution in [0.1, 0.15) is 41.7 Å². The van der Waals surface area contributed by atoms with Crippen molar-refractivity contribution in [3.8, 4) is 0 Å². The molecule has 0 saturated heterocycles. The molecule has 1 aliphatic carbocycles. The number of aromatic nitrogens is 1. The van der Waals surface area contributed by atoms with Crippen molar-refractivity contribution in [2.24, 2.45) is 0 Å². The molecule has 1 N–H and O–H groups in total. The van der Waals surface area contributed by atoms with Gasteiger partial charge in [0.2, 0.25) is 0 Å². The molecule has 2 aromatic rings. The van der Waals surface area contributed by atoms with E-state index >= 15 is 0 Å². The number of carbonyl (C=O) groups is 1. The maximum Gasteiger partial charge on any atom is 0.270 e. The number of carbonyl (C=O) groups excluding carboxylic acids is 1. The number of hydrogen-bond acceptors (Lipinski definition) is 3. The van der Waals surface area contributed by atoms with Crippen LogP contribution in [0.25, 0.3) is 0 Å². The summed E-state index contributed by atoms with van der Waals surface area (Å²) in [5.41, 5.74) is 1.36. The molecular formula is C16H16F2N2OS. The van der Waals surface area contributed by atoms with Gasteiger partial charge in [-0.1, -0.05) is 18.9 Å². The van der Waals surface area contributed by atoms with Gasteiger partial charge < -0.3 is 5.32 Å². The molecule has 0 unspecified atom stereocenters. The van der Waals surface area contributed by atoms with Crippen LogP contribution in [0.5, 0.6) is 0 Å². The van der Waals surface area contributed by atoms with Gasteiger partial charge >= 0.3 is 0 Å². The number of nitrogens with zero attached hydrogens (tertiary/aromatic N) is 1. The number of hydrogen-bond donors (Lipinski definition) is 1. The van der Waals surface area contributed by atoms with Crippen LogP contribution in [0, 0.1) is 11.6 Å². The highest BCUT2D eigenvalue weighted by molar-refractivity contribution is 7.07. The molecule has 22 heavy (non-hydrogen) atoms. The Hall–Kier alpha value is -1.82. The van der Waals surface area contributed by atoms with Crippen LogP contribution >= 0.6 is 11.3 Å². The lowest BCUT2D eigenvalue weighted by atomic mass is 9.78. The Morgan fingerprint density at radius 1 is 1.27 bits per heavy atom. The van der Waals surface area contributed by atoms with Gasteiger partial charge in [0, 0.05) is 22.9 Å². The van der Waals surface area contributed by atoms with E-state index in [0.717, 1.165) is 12.8 Å². The summed E-state index contributed by atoms with van der Waals surface area (Å²) in [5.74, 6) is -1.38. The Balaban J connectivity index is 1.85. The molecule has 116 valence electrons. The van der Waals surface area contributed by atoms with Gasteiger partial charge in [0.25, 0.3) is 5.91 Å². The second-order valence-corrected chi connectivity index (χ2v) is 6.36. The molecule has 0 radical (unpaired) electrons. The number of benzene rings is 1. The van der Waals surface area contributed by atoms with Gasteiger partial charge in [-0.2, -0.15) is 0 Å². The highest BCUT2D eigenvalue weighted by atomic mass is 32.1. The van der Waals surface area contributed by atoms with Gasteiger partial charge in [0.1, 0.15) is 17.3 Å². The summed E-state index contributed by atoms with van der Waals surface area (Å²) in [6.07, 6.45) is 3.14. The molecule has 1 amide bonds. The van der Waals surface area contributed by atoms with Crippen molar-refractivity contribution in [3.05, 3.63) is 52.0 Å². The first kappa shape index (κ1) is 15.1. The van der Waals surface area contributed by atoms with E-state index in [4.69, 9.17) is 0 Å². The van der Waals surface area contributed by atoms with E-state index in [9.17, 15) is 13.6 Å². The van der Waals surface area contributed by atoms with Crippen molar-refractivity contribution in [1.82, 2.24) is 10.3 Å². The fourth-order valence-electron chi connectivity index (χ4n) is 3.24. The average Bonchev–Trinajstić information content (AvgIpc) is 3.17. The van der Waals surface area contributed by atoms with E-state index in [0.29, 0.717) is 18.5 Å². The fraction of sp³-hybridized carbons (Fsp3) is 0.375. The minimum Gasteiger partial charge on any atom is -0.350 e. The molecule has 6 heteroatoms. The number of amides is 1. The summed E-state index contributed by atoms with van der Waals surface area (Å²) in [5, 5.41) is 4.45. The predicted molar refractivity (Wildman–Crippen MR) is 81.0 cm³/mol. The van der Waals surface area contributed by atoms with Gasteiger partial charge in [-0.05, 0) is 25.0 Å². The summed E-state index contributed by atoms with van der Waals surface area (Å²) in [4.78, 5) is 16.0. The van der Waals surface area contributed by atoms with Crippen LogP contribution in [0.2, 0.25) is 0 Å². The van der Waals surface area contributed by atoms with Crippen LogP contribution in [-0.2, 0) is 5.41 Å². The van der Waals surface area contributed by atoms with Crippen molar-refractivity contribution in [1.29, 1.82) is 0 Å². The summed E-state index contributed by atoms with van der Waals surface area (Å²) >= 11 is 1.33. The zero-order valence-corrected chi connectivity index (χ0v) is 12.8. The number of halogens is 2. The van der Waals surface area contributed by atoms with Gasteiger partial charge in [-0.15, -0.1) is 11.3 Å². The normalized spacial score (nSPS) is 16.6. The van der Waals surface area contributed by atoms with Gasteiger partial charge in [-0.3, -0.25) is 4.79 Å². The Bertz CT molecular complexity index is 647. The molecule has 1 aliphatic rings. The monoisotopic (exact) mass is 322 g/mol. The minimum atomic E-state index is -0.666. The van der Waals surface area contributed by atoms with E-state index in [2.05, 4.69) is 10.3 Å². The van der Waals surface area contributed by atoms with Crippen molar-refractivity contribution >= 4 is 17.2 Å². The topological polar surface area (TPSA) is 42.0 Å². The van der Waals surface area contributed by atoms with E-state index < -0.39 is 17.0 Å². The second-order valence-electron chi connectivity index (χ2n) is 5.64. The number of rotatable bonds is 4. The molecular weight excluding hydrogens is 306 g/mol. The van der Waals surface area contributed by atoms with Crippen LogP contribution in [0.15, 0.2) is 29.1 Å². The Morgan fingerprint density at radius 3 is 2.55 bits per heavy atom. The summed E-state index contributed by atoms with van der Waals surface area (Å²) in [7, 11) is 0. The predicted octanol–water partition coefficient (Wildman–Crippen LogP) is 3.66. The van der Waals surface area contributed by atoms with Crippen LogP contribution < -0.4 is 5.32 Å². The lowest BCUT2D eigenvalue weighted by Gasteiger charge is -2.30. The zero-order chi connectivity index (χ0) is 15.6. The maximum atomic E-state index is 14.2. The molecule has 1 fully saturated rings. The van der Waals surface area contributed by atoms with Gasteiger partial charge in [-0.25, -0.2) is 13.8 Å². The summed E-state index contributed by atoms with van der Waals surface area (Å²) < 4.78 is 28.4. The van der Waals surface area contributed by atoms with E-state index in [1.807, 2.05) is 0 Å². The van der Waals surface area contributed by atoms with Crippen LogP contribution in [0.3, 0.4) is 0 Å². The first-order valence-corrected chi connectivity index (χ1v) is 8.18. The molecule has 1 saturated carbocycles. The number of nitrogens with one attached hydrogen (secondary N) is 1. The fourth-order valence-corrected chi connectivity index (χ4v) is 3.77. The quantitative estimate of drug-likeness (QED) is 0.933. The third-order valence-electron chi connectivity index (χ3n) is 4.31. The van der Waals surface area contributed by atoms with Crippen molar-refractivity contribution in [2.75, 3.05) is 6.54 Å². The molecule has 0 aliphatic heterocycles. The molecule has 0 atom stereocenters. The summed E-state index contributed by atoms with van der Waals surface area (Å²) in [6.45, 7) is 0.223. The molecule has 3 rings (SSSR count). The van der Waals surface area contributed by atoms with Crippen LogP contribution in [0.4, 0.5) is 8.78 Å². The van der Waals surface area contributed by atoms with Crippen molar-refractivity contribution in [3.63, 3.8) is 0 Å².